The molecule has 14 heavy (non-hydrogen) atoms. The van der Waals surface area contributed by atoms with Crippen molar-refractivity contribution in [3.05, 3.63) is 22.4 Å². The normalized spacial score (nSPS) is 22.4. The predicted molar refractivity (Wildman–Crippen MR) is 55.5 cm³/mol. The van der Waals surface area contributed by atoms with Crippen LogP contribution in [0.1, 0.15) is 23.2 Å². The number of nitrogens with zero attached hydrogens (tertiary/aromatic N) is 1. The number of rotatable bonds is 1. The molecule has 1 fully saturated rings. The smallest absolute Gasteiger partial charge is 0.254 e. The zero-order chi connectivity index (χ0) is 9.97. The molecule has 2 heterocycles. The molecule has 1 aromatic heterocycles. The maximum absolute atomic E-state index is 11.8. The summed E-state index contributed by atoms with van der Waals surface area (Å²) in [5.74, 6) is 0.0463. The van der Waals surface area contributed by atoms with Crippen LogP contribution >= 0.6 is 11.3 Å². The van der Waals surface area contributed by atoms with E-state index in [2.05, 4.69) is 0 Å². The van der Waals surface area contributed by atoms with Crippen LogP contribution in [0.3, 0.4) is 0 Å². The van der Waals surface area contributed by atoms with Gasteiger partial charge in [-0.3, -0.25) is 4.79 Å². The largest absolute Gasteiger partial charge is 0.391 e. The zero-order valence-corrected chi connectivity index (χ0v) is 8.67. The van der Waals surface area contributed by atoms with Gasteiger partial charge in [-0.25, -0.2) is 0 Å². The summed E-state index contributed by atoms with van der Waals surface area (Å²) >= 11 is 1.52. The average molecular weight is 211 g/mol. The summed E-state index contributed by atoms with van der Waals surface area (Å²) in [5, 5.41) is 13.2. The van der Waals surface area contributed by atoms with Gasteiger partial charge >= 0.3 is 0 Å². The van der Waals surface area contributed by atoms with Gasteiger partial charge in [0.1, 0.15) is 0 Å². The number of piperidine rings is 1. The van der Waals surface area contributed by atoms with Crippen LogP contribution in [0.25, 0.3) is 0 Å². The maximum Gasteiger partial charge on any atom is 0.254 e. The molecule has 1 atom stereocenters. The van der Waals surface area contributed by atoms with Gasteiger partial charge in [-0.2, -0.15) is 11.3 Å². The van der Waals surface area contributed by atoms with Gasteiger partial charge in [-0.15, -0.1) is 0 Å². The van der Waals surface area contributed by atoms with E-state index >= 15 is 0 Å². The topological polar surface area (TPSA) is 40.5 Å². The van der Waals surface area contributed by atoms with E-state index in [0.29, 0.717) is 6.54 Å². The Hall–Kier alpha value is -0.870. The Morgan fingerprint density at radius 1 is 1.64 bits per heavy atom. The third kappa shape index (κ3) is 1.96. The van der Waals surface area contributed by atoms with Gasteiger partial charge in [0.15, 0.2) is 0 Å². The third-order valence-electron chi connectivity index (χ3n) is 2.45. The molecule has 1 N–H and O–H groups in total. The van der Waals surface area contributed by atoms with Crippen molar-refractivity contribution in [2.45, 2.75) is 18.9 Å². The highest BCUT2D eigenvalue weighted by Gasteiger charge is 2.22. The molecule has 1 aliphatic rings. The number of likely N-dealkylation sites (tertiary alicyclic amines) is 1. The highest BCUT2D eigenvalue weighted by molar-refractivity contribution is 7.08. The first kappa shape index (κ1) is 9.68. The Labute approximate surface area is 87.0 Å². The average Bonchev–Trinajstić information content (AvgIpc) is 2.69. The van der Waals surface area contributed by atoms with Crippen molar-refractivity contribution in [3.63, 3.8) is 0 Å². The molecule has 0 radical (unpaired) electrons. The molecule has 1 aliphatic heterocycles. The number of β-amino-alcohol motifs (C(OH)–C–C–N with tert-alkyl or cyclic N) is 1. The molecule has 1 aromatic rings. The number of thiophene rings is 1. The lowest BCUT2D eigenvalue weighted by Gasteiger charge is -2.29. The van der Waals surface area contributed by atoms with Gasteiger partial charge in [-0.05, 0) is 24.3 Å². The summed E-state index contributed by atoms with van der Waals surface area (Å²) in [7, 11) is 0. The Morgan fingerprint density at radius 2 is 2.50 bits per heavy atom. The number of carbonyl (C=O) groups excluding carboxylic acids is 1. The van der Waals surface area contributed by atoms with Crippen molar-refractivity contribution < 1.29 is 9.90 Å². The van der Waals surface area contributed by atoms with Crippen LogP contribution in [0, 0.1) is 0 Å². The number of hydrogen-bond donors (Lipinski definition) is 1. The summed E-state index contributed by atoms with van der Waals surface area (Å²) in [6.07, 6.45) is 1.37. The first-order valence-electron chi connectivity index (χ1n) is 4.77. The maximum atomic E-state index is 11.8. The van der Waals surface area contributed by atoms with Crippen LogP contribution in [0.2, 0.25) is 0 Å². The summed E-state index contributed by atoms with van der Waals surface area (Å²) < 4.78 is 0. The minimum absolute atomic E-state index is 0.0463. The molecular formula is C10H13NO2S. The summed E-state index contributed by atoms with van der Waals surface area (Å²) in [5.41, 5.74) is 0.740. The molecule has 0 aliphatic carbocycles. The molecule has 0 bridgehead atoms. The Morgan fingerprint density at radius 3 is 3.14 bits per heavy atom. The molecule has 3 nitrogen and oxygen atoms in total. The second-order valence-electron chi connectivity index (χ2n) is 3.56. The molecule has 0 unspecified atom stereocenters. The predicted octanol–water partition coefficient (Wildman–Crippen LogP) is 1.34. The number of hydrogen-bond acceptors (Lipinski definition) is 3. The van der Waals surface area contributed by atoms with Gasteiger partial charge in [0.25, 0.3) is 5.91 Å². The molecule has 4 heteroatoms. The number of amides is 1. The molecule has 0 aromatic carbocycles. The SMILES string of the molecule is O=C(c1ccsc1)N1CCC[C@@H](O)C1. The first-order chi connectivity index (χ1) is 6.77. The highest BCUT2D eigenvalue weighted by Crippen LogP contribution is 2.15. The van der Waals surface area contributed by atoms with Crippen molar-refractivity contribution in [2.75, 3.05) is 13.1 Å². The minimum Gasteiger partial charge on any atom is -0.391 e. The van der Waals surface area contributed by atoms with Crippen molar-refractivity contribution in [2.24, 2.45) is 0 Å². The Bertz CT molecular complexity index is 310. The van der Waals surface area contributed by atoms with Crippen LogP contribution in [0.4, 0.5) is 0 Å². The molecule has 1 saturated heterocycles. The molecule has 76 valence electrons. The minimum atomic E-state index is -0.341. The summed E-state index contributed by atoms with van der Waals surface area (Å²) in [6, 6.07) is 1.83. The van der Waals surface area contributed by atoms with Crippen LogP contribution in [0.15, 0.2) is 16.8 Å². The fourth-order valence-electron chi connectivity index (χ4n) is 1.71. The lowest BCUT2D eigenvalue weighted by atomic mass is 10.1. The van der Waals surface area contributed by atoms with Crippen molar-refractivity contribution in [1.82, 2.24) is 4.90 Å². The van der Waals surface area contributed by atoms with E-state index in [1.54, 1.807) is 4.90 Å². The van der Waals surface area contributed by atoms with E-state index in [0.717, 1.165) is 24.9 Å². The number of aliphatic hydroxyl groups excluding tert-OH is 1. The zero-order valence-electron chi connectivity index (χ0n) is 7.85. The highest BCUT2D eigenvalue weighted by atomic mass is 32.1. The van der Waals surface area contributed by atoms with E-state index in [9.17, 15) is 9.90 Å². The van der Waals surface area contributed by atoms with Crippen LogP contribution in [-0.4, -0.2) is 35.1 Å². The van der Waals surface area contributed by atoms with E-state index in [4.69, 9.17) is 0 Å². The molecule has 0 saturated carbocycles. The fraction of sp³-hybridized carbons (Fsp3) is 0.500. The standard InChI is InChI=1S/C10H13NO2S/c12-9-2-1-4-11(6-9)10(13)8-3-5-14-7-8/h3,5,7,9,12H,1-2,4,6H2/t9-/m1/s1. The monoisotopic (exact) mass is 211 g/mol. The van der Waals surface area contributed by atoms with E-state index in [1.807, 2.05) is 16.8 Å². The molecular weight excluding hydrogens is 198 g/mol. The van der Waals surface area contributed by atoms with E-state index in [-0.39, 0.29) is 12.0 Å². The molecule has 0 spiro atoms. The van der Waals surface area contributed by atoms with Gasteiger partial charge in [0.2, 0.25) is 0 Å². The van der Waals surface area contributed by atoms with Gasteiger partial charge in [-0.1, -0.05) is 0 Å². The number of aliphatic hydroxyl groups is 1. The number of carbonyl (C=O) groups is 1. The summed E-state index contributed by atoms with van der Waals surface area (Å²) in [4.78, 5) is 13.6. The van der Waals surface area contributed by atoms with E-state index in [1.165, 1.54) is 11.3 Å². The quantitative estimate of drug-likeness (QED) is 0.761. The van der Waals surface area contributed by atoms with Gasteiger partial charge < -0.3 is 10.0 Å². The van der Waals surface area contributed by atoms with Crippen molar-refractivity contribution in [3.8, 4) is 0 Å². The second-order valence-corrected chi connectivity index (χ2v) is 4.34. The summed E-state index contributed by atoms with van der Waals surface area (Å²) in [6.45, 7) is 1.25. The van der Waals surface area contributed by atoms with E-state index < -0.39 is 0 Å². The third-order valence-corrected chi connectivity index (χ3v) is 3.14. The van der Waals surface area contributed by atoms with Crippen molar-refractivity contribution >= 4 is 17.2 Å². The second kappa shape index (κ2) is 4.11. The lowest BCUT2D eigenvalue weighted by Crippen LogP contribution is -2.42. The van der Waals surface area contributed by atoms with Crippen LogP contribution < -0.4 is 0 Å². The van der Waals surface area contributed by atoms with Crippen molar-refractivity contribution in [1.29, 1.82) is 0 Å². The van der Waals surface area contributed by atoms with Gasteiger partial charge in [0.05, 0.1) is 11.7 Å². The Balaban J connectivity index is 2.04. The van der Waals surface area contributed by atoms with Crippen LogP contribution in [0.5, 0.6) is 0 Å². The molecule has 2 rings (SSSR count). The molecule has 1 amide bonds. The fourth-order valence-corrected chi connectivity index (χ4v) is 2.34. The lowest BCUT2D eigenvalue weighted by molar-refractivity contribution is 0.0474. The van der Waals surface area contributed by atoms with Gasteiger partial charge in [0, 0.05) is 18.5 Å². The first-order valence-corrected chi connectivity index (χ1v) is 5.71. The Kier molecular flexibility index (Phi) is 2.84. The van der Waals surface area contributed by atoms with Crippen LogP contribution in [-0.2, 0) is 0 Å².